The Morgan fingerprint density at radius 3 is 2.50 bits per heavy atom. The summed E-state index contributed by atoms with van der Waals surface area (Å²) in [5.41, 5.74) is 7.33. The van der Waals surface area contributed by atoms with Crippen LogP contribution in [0.25, 0.3) is 0 Å². The van der Waals surface area contributed by atoms with Crippen molar-refractivity contribution < 1.29 is 19.7 Å². The average molecular weight is 501 g/mol. The molecule has 0 aromatic heterocycles. The predicted octanol–water partition coefficient (Wildman–Crippen LogP) is 3.47. The van der Waals surface area contributed by atoms with Gasteiger partial charge >= 0.3 is 0 Å². The Morgan fingerprint density at radius 2 is 1.78 bits per heavy atom. The summed E-state index contributed by atoms with van der Waals surface area (Å²) < 4.78 is 6.75. The number of hydrogen-bond acceptors (Lipinski definition) is 5. The molecule has 5 aliphatic carbocycles. The molecule has 0 bridgehead atoms. The van der Waals surface area contributed by atoms with Crippen LogP contribution < -0.4 is 5.73 Å². The van der Waals surface area contributed by atoms with Crippen LogP contribution in [-0.2, 0) is 9.53 Å². The van der Waals surface area contributed by atoms with E-state index < -0.39 is 11.6 Å². The zero-order valence-electron chi connectivity index (χ0n) is 22.8. The van der Waals surface area contributed by atoms with E-state index in [1.54, 1.807) is 0 Å². The molecule has 2 saturated heterocycles. The molecule has 7 fully saturated rings. The number of fused-ring (bicyclic) bond motifs is 4. The fourth-order valence-electron chi connectivity index (χ4n) is 12.3. The summed E-state index contributed by atoms with van der Waals surface area (Å²) in [5.74, 6) is 1.79. The first-order valence-electron chi connectivity index (χ1n) is 15.0. The lowest BCUT2D eigenvalue weighted by Crippen LogP contribution is -2.70. The van der Waals surface area contributed by atoms with Crippen molar-refractivity contribution >= 4 is 5.91 Å². The van der Waals surface area contributed by atoms with Gasteiger partial charge in [0.2, 0.25) is 5.91 Å². The van der Waals surface area contributed by atoms with Crippen molar-refractivity contribution in [2.75, 3.05) is 13.1 Å². The maximum absolute atomic E-state index is 12.3. The molecule has 202 valence electrons. The number of nitrogens with two attached hydrogens (primary N) is 1. The van der Waals surface area contributed by atoms with Crippen molar-refractivity contribution in [2.24, 2.45) is 51.1 Å². The third kappa shape index (κ3) is 2.62. The van der Waals surface area contributed by atoms with Gasteiger partial charge in [-0.25, -0.2) is 0 Å². The number of carbonyl (C=O) groups is 1. The molecule has 12 atom stereocenters. The van der Waals surface area contributed by atoms with Gasteiger partial charge in [0.15, 0.2) is 0 Å². The SMILES string of the molecule is CC1CC(CN2CCCC2=O)OC2C1C1(C)CCC34CC35CCC(O)C(C)(C)C5CCC4C1(N)C2O. The highest BCUT2D eigenvalue weighted by Gasteiger charge is 2.85. The van der Waals surface area contributed by atoms with Crippen LogP contribution in [-0.4, -0.2) is 64.1 Å². The third-order valence-electron chi connectivity index (χ3n) is 13.9. The van der Waals surface area contributed by atoms with Crippen LogP contribution in [0, 0.1) is 45.3 Å². The number of hydrogen-bond donors (Lipinski definition) is 3. The van der Waals surface area contributed by atoms with E-state index in [9.17, 15) is 15.0 Å². The largest absolute Gasteiger partial charge is 0.393 e. The van der Waals surface area contributed by atoms with E-state index in [4.69, 9.17) is 10.5 Å². The lowest BCUT2D eigenvalue weighted by Gasteiger charge is -2.63. The van der Waals surface area contributed by atoms with Crippen molar-refractivity contribution in [1.29, 1.82) is 0 Å². The molecule has 0 radical (unpaired) electrons. The molecule has 0 aromatic carbocycles. The Kier molecular flexibility index (Phi) is 4.93. The quantitative estimate of drug-likeness (QED) is 0.540. The van der Waals surface area contributed by atoms with E-state index >= 15 is 0 Å². The van der Waals surface area contributed by atoms with Crippen LogP contribution in [0.3, 0.4) is 0 Å². The first-order valence-corrected chi connectivity index (χ1v) is 15.0. The van der Waals surface area contributed by atoms with Crippen LogP contribution in [0.4, 0.5) is 0 Å². The number of amides is 1. The molecule has 12 unspecified atom stereocenters. The number of carbonyl (C=O) groups excluding carboxylic acids is 1. The number of aliphatic hydroxyl groups is 2. The van der Waals surface area contributed by atoms with E-state index in [0.29, 0.717) is 36.1 Å². The van der Waals surface area contributed by atoms with Crippen molar-refractivity contribution in [3.05, 3.63) is 0 Å². The Morgan fingerprint density at radius 1 is 1.06 bits per heavy atom. The van der Waals surface area contributed by atoms with E-state index in [-0.39, 0.29) is 46.4 Å². The zero-order valence-corrected chi connectivity index (χ0v) is 22.8. The van der Waals surface area contributed by atoms with Gasteiger partial charge in [-0.15, -0.1) is 0 Å². The van der Waals surface area contributed by atoms with E-state index in [1.165, 1.54) is 12.8 Å². The fraction of sp³-hybridized carbons (Fsp3) is 0.967. The molecule has 5 saturated carbocycles. The van der Waals surface area contributed by atoms with Crippen LogP contribution in [0.2, 0.25) is 0 Å². The number of ether oxygens (including phenoxy) is 1. The molecular weight excluding hydrogens is 452 g/mol. The van der Waals surface area contributed by atoms with Crippen molar-refractivity contribution in [1.82, 2.24) is 4.90 Å². The summed E-state index contributed by atoms with van der Waals surface area (Å²) in [6.45, 7) is 10.8. The number of likely N-dealkylation sites (tertiary alicyclic amines) is 1. The topological polar surface area (TPSA) is 96.0 Å². The van der Waals surface area contributed by atoms with Crippen LogP contribution in [0.15, 0.2) is 0 Å². The third-order valence-corrected chi connectivity index (χ3v) is 13.9. The number of rotatable bonds is 2. The number of aliphatic hydroxyl groups excluding tert-OH is 2. The predicted molar refractivity (Wildman–Crippen MR) is 137 cm³/mol. The van der Waals surface area contributed by atoms with Crippen LogP contribution in [0.1, 0.15) is 91.9 Å². The van der Waals surface area contributed by atoms with Gasteiger partial charge in [0.25, 0.3) is 0 Å². The summed E-state index contributed by atoms with van der Waals surface area (Å²) in [4.78, 5) is 14.3. The minimum atomic E-state index is -0.661. The Labute approximate surface area is 216 Å². The molecule has 4 N–H and O–H groups in total. The molecule has 6 heteroatoms. The maximum atomic E-state index is 12.3. The van der Waals surface area contributed by atoms with Crippen molar-refractivity contribution in [3.63, 3.8) is 0 Å². The Hall–Kier alpha value is -0.690. The summed E-state index contributed by atoms with van der Waals surface area (Å²) in [5, 5.41) is 23.0. The second-order valence-corrected chi connectivity index (χ2v) is 15.2. The molecular formula is C30H48N2O4. The molecule has 7 rings (SSSR count). The molecule has 2 heterocycles. The van der Waals surface area contributed by atoms with Crippen molar-refractivity contribution in [3.8, 4) is 0 Å². The Balaban J connectivity index is 1.20. The van der Waals surface area contributed by atoms with Gasteiger partial charge in [-0.1, -0.05) is 27.7 Å². The van der Waals surface area contributed by atoms with Gasteiger partial charge in [-0.3, -0.25) is 4.79 Å². The molecule has 1 amide bonds. The smallest absolute Gasteiger partial charge is 0.222 e. The lowest BCUT2D eigenvalue weighted by molar-refractivity contribution is -0.152. The van der Waals surface area contributed by atoms with Gasteiger partial charge < -0.3 is 25.6 Å². The molecule has 2 aliphatic heterocycles. The first kappa shape index (κ1) is 24.4. The fourth-order valence-corrected chi connectivity index (χ4v) is 12.3. The molecule has 36 heavy (non-hydrogen) atoms. The van der Waals surface area contributed by atoms with Crippen molar-refractivity contribution in [2.45, 2.75) is 122 Å². The highest BCUT2D eigenvalue weighted by atomic mass is 16.5. The Bertz CT molecular complexity index is 971. The number of nitrogens with zero attached hydrogens (tertiary/aromatic N) is 1. The first-order chi connectivity index (χ1) is 16.9. The minimum Gasteiger partial charge on any atom is -0.393 e. The average Bonchev–Trinajstić information content (AvgIpc) is 3.27. The lowest BCUT2D eigenvalue weighted by atomic mass is 9.43. The summed E-state index contributed by atoms with van der Waals surface area (Å²) >= 11 is 0. The summed E-state index contributed by atoms with van der Waals surface area (Å²) in [6.07, 6.45) is 9.13. The second kappa shape index (κ2) is 7.28. The van der Waals surface area contributed by atoms with E-state index in [1.807, 2.05) is 4.90 Å². The standard InChI is InChI=1S/C30H48N2O4/c1-17-14-18(15-32-13-5-6-22(32)34)36-24-23(17)27(4)11-12-29-16-28(29)10-9-21(33)26(2,3)19(28)7-8-20(29)30(27,31)25(24)35/h17-21,23-25,33,35H,5-16,31H2,1-4H3. The monoisotopic (exact) mass is 500 g/mol. The normalized spacial score (nSPS) is 59.0. The minimum absolute atomic E-state index is 0.0112. The van der Waals surface area contributed by atoms with Crippen LogP contribution >= 0.6 is 0 Å². The highest BCUT2D eigenvalue weighted by molar-refractivity contribution is 5.78. The highest BCUT2D eigenvalue weighted by Crippen LogP contribution is 2.87. The molecule has 2 spiro atoms. The second-order valence-electron chi connectivity index (χ2n) is 15.2. The van der Waals surface area contributed by atoms with E-state index in [2.05, 4.69) is 27.7 Å². The maximum Gasteiger partial charge on any atom is 0.222 e. The van der Waals surface area contributed by atoms with Gasteiger partial charge in [0.1, 0.15) is 0 Å². The van der Waals surface area contributed by atoms with Gasteiger partial charge in [0, 0.05) is 19.5 Å². The zero-order chi connectivity index (χ0) is 25.5. The molecule has 0 aromatic rings. The molecule has 7 aliphatic rings. The van der Waals surface area contributed by atoms with Gasteiger partial charge in [-0.2, -0.15) is 0 Å². The van der Waals surface area contributed by atoms with Gasteiger partial charge in [-0.05, 0) is 103 Å². The van der Waals surface area contributed by atoms with E-state index in [0.717, 1.165) is 51.5 Å². The summed E-state index contributed by atoms with van der Waals surface area (Å²) in [6, 6.07) is 0. The molecule has 6 nitrogen and oxygen atoms in total. The summed E-state index contributed by atoms with van der Waals surface area (Å²) in [7, 11) is 0. The van der Waals surface area contributed by atoms with Crippen LogP contribution in [0.5, 0.6) is 0 Å². The van der Waals surface area contributed by atoms with Gasteiger partial charge in [0.05, 0.1) is 30.0 Å².